The highest BCUT2D eigenvalue weighted by Gasteiger charge is 2.21. The molecule has 0 fully saturated rings. The van der Waals surface area contributed by atoms with Gasteiger partial charge in [-0.3, -0.25) is 0 Å². The molecule has 1 aliphatic rings. The van der Waals surface area contributed by atoms with Crippen molar-refractivity contribution in [2.24, 2.45) is 0 Å². The Morgan fingerprint density at radius 1 is 0.756 bits per heavy atom. The van der Waals surface area contributed by atoms with E-state index in [0.29, 0.717) is 22.6 Å². The molecule has 216 valence electrons. The van der Waals surface area contributed by atoms with Gasteiger partial charge in [-0.25, -0.2) is 4.79 Å². The molecule has 0 unspecified atom stereocenters. The standard InChI is InChI=1S/C37H45NO3/c1-3-4-5-6-7-8-9-10-11-12-13-14-15-16-28-17-21-35(36(24-28)40-2)37(39)41-32-19-22-34-31(26-32)25-30-23-29(27-38)18-20-33(30)34/h17-24,26H,3-16,25H2,1-2H3. The Morgan fingerprint density at radius 3 is 2.00 bits per heavy atom. The van der Waals surface area contributed by atoms with Gasteiger partial charge in [0, 0.05) is 0 Å². The van der Waals surface area contributed by atoms with Crippen LogP contribution in [0, 0.1) is 11.3 Å². The summed E-state index contributed by atoms with van der Waals surface area (Å²) in [5.41, 5.74) is 6.77. The van der Waals surface area contributed by atoms with Crippen LogP contribution >= 0.6 is 0 Å². The van der Waals surface area contributed by atoms with Crippen LogP contribution in [0.5, 0.6) is 11.5 Å². The molecule has 0 bridgehead atoms. The number of hydrogen-bond donors (Lipinski definition) is 0. The lowest BCUT2D eigenvalue weighted by molar-refractivity contribution is 0.0731. The summed E-state index contributed by atoms with van der Waals surface area (Å²) in [6, 6.07) is 19.6. The quantitative estimate of drug-likeness (QED) is 0.0744. The van der Waals surface area contributed by atoms with E-state index in [1.165, 1.54) is 82.6 Å². The van der Waals surface area contributed by atoms with Gasteiger partial charge in [0.05, 0.1) is 18.7 Å². The first kappa shape index (κ1) is 30.4. The summed E-state index contributed by atoms with van der Waals surface area (Å²) in [5.74, 6) is 0.650. The van der Waals surface area contributed by atoms with Gasteiger partial charge in [-0.05, 0) is 83.5 Å². The van der Waals surface area contributed by atoms with Crippen LogP contribution in [0.2, 0.25) is 0 Å². The second kappa shape index (κ2) is 16.0. The molecule has 0 radical (unpaired) electrons. The van der Waals surface area contributed by atoms with Gasteiger partial charge in [-0.1, -0.05) is 102 Å². The molecule has 0 atom stereocenters. The Morgan fingerprint density at radius 2 is 1.37 bits per heavy atom. The summed E-state index contributed by atoms with van der Waals surface area (Å²) in [6.45, 7) is 2.27. The largest absolute Gasteiger partial charge is 0.496 e. The van der Waals surface area contributed by atoms with E-state index >= 15 is 0 Å². The van der Waals surface area contributed by atoms with Crippen LogP contribution in [-0.2, 0) is 12.8 Å². The third-order valence-corrected chi connectivity index (χ3v) is 8.25. The molecule has 4 rings (SSSR count). The van der Waals surface area contributed by atoms with Crippen LogP contribution < -0.4 is 9.47 Å². The van der Waals surface area contributed by atoms with Gasteiger partial charge in [0.15, 0.2) is 0 Å². The fourth-order valence-corrected chi connectivity index (χ4v) is 5.89. The Hall–Kier alpha value is -3.58. The van der Waals surface area contributed by atoms with E-state index in [1.54, 1.807) is 7.11 Å². The maximum absolute atomic E-state index is 13.1. The normalized spacial score (nSPS) is 11.5. The van der Waals surface area contributed by atoms with Crippen molar-refractivity contribution in [1.29, 1.82) is 5.26 Å². The van der Waals surface area contributed by atoms with Crippen LogP contribution in [-0.4, -0.2) is 13.1 Å². The molecule has 0 saturated heterocycles. The van der Waals surface area contributed by atoms with Crippen LogP contribution in [0.1, 0.15) is 123 Å². The first-order valence-corrected chi connectivity index (χ1v) is 15.7. The third kappa shape index (κ3) is 8.70. The molecular formula is C37H45NO3. The lowest BCUT2D eigenvalue weighted by Crippen LogP contribution is -2.10. The molecule has 41 heavy (non-hydrogen) atoms. The number of unbranched alkanes of at least 4 members (excludes halogenated alkanes) is 12. The number of carbonyl (C=O) groups excluding carboxylic acids is 1. The van der Waals surface area contributed by atoms with Crippen molar-refractivity contribution in [2.45, 2.75) is 103 Å². The minimum absolute atomic E-state index is 0.420. The maximum Gasteiger partial charge on any atom is 0.347 e. The zero-order chi connectivity index (χ0) is 28.9. The molecule has 0 N–H and O–H groups in total. The van der Waals surface area contributed by atoms with Crippen molar-refractivity contribution in [3.63, 3.8) is 0 Å². The van der Waals surface area contributed by atoms with Crippen molar-refractivity contribution in [3.05, 3.63) is 82.4 Å². The minimum Gasteiger partial charge on any atom is -0.496 e. The molecule has 0 saturated carbocycles. The lowest BCUT2D eigenvalue weighted by atomic mass is 10.0. The number of ether oxygens (including phenoxy) is 2. The van der Waals surface area contributed by atoms with Crippen molar-refractivity contribution in [2.75, 3.05) is 7.11 Å². The van der Waals surface area contributed by atoms with Gasteiger partial charge in [-0.2, -0.15) is 5.26 Å². The average molecular weight is 552 g/mol. The highest BCUT2D eigenvalue weighted by molar-refractivity contribution is 5.94. The molecule has 0 amide bonds. The number of esters is 1. The Balaban J connectivity index is 1.19. The summed E-state index contributed by atoms with van der Waals surface area (Å²) < 4.78 is 11.3. The predicted octanol–water partition coefficient (Wildman–Crippen LogP) is 9.99. The summed E-state index contributed by atoms with van der Waals surface area (Å²) in [4.78, 5) is 13.1. The summed E-state index contributed by atoms with van der Waals surface area (Å²) >= 11 is 0. The highest BCUT2D eigenvalue weighted by atomic mass is 16.5. The van der Waals surface area contributed by atoms with E-state index in [-0.39, 0.29) is 0 Å². The second-order valence-electron chi connectivity index (χ2n) is 11.4. The molecule has 0 aliphatic heterocycles. The summed E-state index contributed by atoms with van der Waals surface area (Å²) in [7, 11) is 1.60. The van der Waals surface area contributed by atoms with Crippen molar-refractivity contribution < 1.29 is 14.3 Å². The lowest BCUT2D eigenvalue weighted by Gasteiger charge is -2.11. The molecule has 3 aromatic carbocycles. The van der Waals surface area contributed by atoms with Gasteiger partial charge in [0.25, 0.3) is 0 Å². The zero-order valence-corrected chi connectivity index (χ0v) is 25.0. The highest BCUT2D eigenvalue weighted by Crippen LogP contribution is 2.39. The SMILES string of the molecule is CCCCCCCCCCCCCCCc1ccc(C(=O)Oc2ccc3c(c2)Cc2cc(C#N)ccc2-3)c(OC)c1. The Labute approximate surface area is 246 Å². The van der Waals surface area contributed by atoms with Gasteiger partial charge in [0.1, 0.15) is 17.1 Å². The van der Waals surface area contributed by atoms with E-state index in [9.17, 15) is 10.1 Å². The van der Waals surface area contributed by atoms with E-state index in [2.05, 4.69) is 13.0 Å². The fourth-order valence-electron chi connectivity index (χ4n) is 5.89. The smallest absolute Gasteiger partial charge is 0.347 e. The number of nitriles is 1. The number of benzene rings is 3. The van der Waals surface area contributed by atoms with Gasteiger partial charge < -0.3 is 9.47 Å². The van der Waals surface area contributed by atoms with Crippen LogP contribution in [0.25, 0.3) is 11.1 Å². The fraction of sp³-hybridized carbons (Fsp3) is 0.459. The minimum atomic E-state index is -0.420. The molecule has 0 spiro atoms. The molecular weight excluding hydrogens is 506 g/mol. The number of carbonyl (C=O) groups is 1. The maximum atomic E-state index is 13.1. The topological polar surface area (TPSA) is 59.3 Å². The van der Waals surface area contributed by atoms with Gasteiger partial charge >= 0.3 is 5.97 Å². The van der Waals surface area contributed by atoms with Crippen molar-refractivity contribution in [3.8, 4) is 28.7 Å². The summed E-state index contributed by atoms with van der Waals surface area (Å²) in [5, 5.41) is 9.21. The van der Waals surface area contributed by atoms with Crippen LogP contribution in [0.4, 0.5) is 0 Å². The number of hydrogen-bond acceptors (Lipinski definition) is 4. The zero-order valence-electron chi connectivity index (χ0n) is 25.0. The summed E-state index contributed by atoms with van der Waals surface area (Å²) in [6.07, 6.45) is 19.2. The van der Waals surface area contributed by atoms with Crippen molar-refractivity contribution >= 4 is 5.97 Å². The number of methoxy groups -OCH3 is 1. The molecule has 0 aromatic heterocycles. The number of rotatable bonds is 17. The van der Waals surface area contributed by atoms with Crippen LogP contribution in [0.3, 0.4) is 0 Å². The Bertz CT molecular complexity index is 1340. The third-order valence-electron chi connectivity index (χ3n) is 8.25. The average Bonchev–Trinajstić information content (AvgIpc) is 3.36. The molecule has 0 heterocycles. The van der Waals surface area contributed by atoms with Gasteiger partial charge in [0.2, 0.25) is 0 Å². The molecule has 4 nitrogen and oxygen atoms in total. The first-order chi connectivity index (χ1) is 20.1. The van der Waals surface area contributed by atoms with E-state index in [4.69, 9.17) is 9.47 Å². The van der Waals surface area contributed by atoms with E-state index in [1.807, 2.05) is 54.6 Å². The molecule has 4 heteroatoms. The predicted molar refractivity (Wildman–Crippen MR) is 167 cm³/mol. The first-order valence-electron chi connectivity index (χ1n) is 15.7. The van der Waals surface area contributed by atoms with E-state index < -0.39 is 5.97 Å². The number of fused-ring (bicyclic) bond motifs is 3. The number of aryl methyl sites for hydroxylation is 1. The monoisotopic (exact) mass is 551 g/mol. The molecule has 3 aromatic rings. The van der Waals surface area contributed by atoms with Gasteiger partial charge in [-0.15, -0.1) is 0 Å². The van der Waals surface area contributed by atoms with Crippen LogP contribution in [0.15, 0.2) is 54.6 Å². The van der Waals surface area contributed by atoms with Crippen molar-refractivity contribution in [1.82, 2.24) is 0 Å². The van der Waals surface area contributed by atoms with E-state index in [0.717, 1.165) is 41.5 Å². The molecule has 1 aliphatic carbocycles. The number of nitrogens with zero attached hydrogens (tertiary/aromatic N) is 1. The second-order valence-corrected chi connectivity index (χ2v) is 11.4. The Kier molecular flexibility index (Phi) is 11.9.